The minimum absolute atomic E-state index is 0.0372. The van der Waals surface area contributed by atoms with Crippen LogP contribution in [0.4, 0.5) is 19.2 Å². The first-order valence-electron chi connectivity index (χ1n) is 16.6. The van der Waals surface area contributed by atoms with E-state index >= 15 is 0 Å². The van der Waals surface area contributed by atoms with Crippen LogP contribution in [0, 0.1) is 0 Å². The number of aromatic nitrogens is 1. The second-order valence-corrected chi connectivity index (χ2v) is 14.6. The fraction of sp³-hybridized carbons (Fsp3) is 0.324. The Morgan fingerprint density at radius 2 is 1.55 bits per heavy atom. The number of imide groups is 1. The zero-order chi connectivity index (χ0) is 39.9. The molecule has 2 aromatic carbocycles. The van der Waals surface area contributed by atoms with Crippen LogP contribution >= 0.6 is 0 Å². The van der Waals surface area contributed by atoms with Gasteiger partial charge in [-0.1, -0.05) is 60.7 Å². The van der Waals surface area contributed by atoms with E-state index in [0.29, 0.717) is 9.91 Å². The van der Waals surface area contributed by atoms with Gasteiger partial charge < -0.3 is 30.0 Å². The van der Waals surface area contributed by atoms with E-state index in [4.69, 9.17) is 19.3 Å². The molecule has 0 saturated carbocycles. The van der Waals surface area contributed by atoms with Crippen molar-refractivity contribution in [2.45, 2.75) is 52.2 Å². The molecule has 3 heterocycles. The molecule has 292 valence electrons. The Balaban J connectivity index is 1.36. The zero-order valence-corrected chi connectivity index (χ0v) is 30.6. The molecular weight excluding hydrogens is 744 g/mol. The number of urea groups is 2. The summed E-state index contributed by atoms with van der Waals surface area (Å²) in [5.74, 6) is -1.81. The zero-order valence-electron chi connectivity index (χ0n) is 29.8. The van der Waals surface area contributed by atoms with Gasteiger partial charge in [-0.2, -0.15) is 8.42 Å². The lowest BCUT2D eigenvalue weighted by molar-refractivity contribution is -0.139. The molecule has 20 nitrogen and oxygen atoms in total. The predicted molar refractivity (Wildman–Crippen MR) is 189 cm³/mol. The number of rotatable bonds is 13. The van der Waals surface area contributed by atoms with Crippen molar-refractivity contribution in [2.24, 2.45) is 0 Å². The van der Waals surface area contributed by atoms with Crippen LogP contribution in [0.5, 0.6) is 11.5 Å². The van der Waals surface area contributed by atoms with E-state index < -0.39 is 71.0 Å². The topological polar surface area (TPSA) is 255 Å². The first-order valence-corrected chi connectivity index (χ1v) is 18.1. The van der Waals surface area contributed by atoms with E-state index in [0.717, 1.165) is 11.1 Å². The van der Waals surface area contributed by atoms with Gasteiger partial charge >= 0.3 is 34.5 Å². The monoisotopic (exact) mass is 782 g/mol. The van der Waals surface area contributed by atoms with E-state index in [1.807, 2.05) is 66.0 Å². The maximum absolute atomic E-state index is 13.6. The molecule has 21 heteroatoms. The number of hydrogen-bond acceptors (Lipinski definition) is 12. The number of β-lactam (4-membered cyclic amide) rings is 1. The summed E-state index contributed by atoms with van der Waals surface area (Å²) in [4.78, 5) is 79.6. The van der Waals surface area contributed by atoms with Crippen molar-refractivity contribution >= 4 is 46.3 Å². The number of carboxylic acid groups (broad SMARTS) is 1. The summed E-state index contributed by atoms with van der Waals surface area (Å²) in [6.45, 7) is 3.57. The van der Waals surface area contributed by atoms with Gasteiger partial charge in [0.1, 0.15) is 36.2 Å². The lowest BCUT2D eigenvalue weighted by Gasteiger charge is -2.36. The average Bonchev–Trinajstić information content (AvgIpc) is 3.50. The third kappa shape index (κ3) is 10.3. The highest BCUT2D eigenvalue weighted by Gasteiger charge is 2.45. The van der Waals surface area contributed by atoms with E-state index in [1.54, 1.807) is 25.5 Å². The highest BCUT2D eigenvalue weighted by atomic mass is 32.2. The summed E-state index contributed by atoms with van der Waals surface area (Å²) in [5, 5.41) is 13.9. The first-order chi connectivity index (χ1) is 26.0. The Kier molecular flexibility index (Phi) is 11.9. The smallest absolute Gasteiger partial charge is 0.407 e. The maximum atomic E-state index is 13.6. The van der Waals surface area contributed by atoms with Crippen LogP contribution < -0.4 is 30.3 Å². The Hall–Kier alpha value is -6.64. The molecule has 55 heavy (non-hydrogen) atoms. The number of alkyl carbamates (subject to hydrolysis) is 1. The van der Waals surface area contributed by atoms with Crippen molar-refractivity contribution in [3.8, 4) is 11.5 Å². The van der Waals surface area contributed by atoms with Gasteiger partial charge in [0, 0.05) is 6.07 Å². The SMILES string of the molecule is CC(C)(C)OC(=O)NCc1nc(C(=O)NN2CCN(S(=O)(=O)NC(=O)N3CC(NC(=O)O)C3=O)C2=O)cc(OCc2ccccc2)c1OCc1ccccc1. The van der Waals surface area contributed by atoms with Crippen LogP contribution in [0.1, 0.15) is 48.1 Å². The normalized spacial score (nSPS) is 15.5. The van der Waals surface area contributed by atoms with Crippen molar-refractivity contribution in [1.29, 1.82) is 0 Å². The molecule has 2 aliphatic rings. The minimum Gasteiger partial charge on any atom is -0.485 e. The Labute approximate surface area is 314 Å². The van der Waals surface area contributed by atoms with Crippen LogP contribution in [-0.4, -0.2) is 100 Å². The van der Waals surface area contributed by atoms with Crippen molar-refractivity contribution in [1.82, 2.24) is 40.0 Å². The molecule has 2 fully saturated rings. The quantitative estimate of drug-likeness (QED) is 0.156. The van der Waals surface area contributed by atoms with Gasteiger partial charge in [0.2, 0.25) is 0 Å². The largest absolute Gasteiger partial charge is 0.485 e. The lowest BCUT2D eigenvalue weighted by atomic mass is 10.1. The third-order valence-corrected chi connectivity index (χ3v) is 9.04. The second-order valence-electron chi connectivity index (χ2n) is 13.0. The summed E-state index contributed by atoms with van der Waals surface area (Å²) < 4.78 is 45.4. The summed E-state index contributed by atoms with van der Waals surface area (Å²) in [6, 6.07) is 15.6. The Bertz CT molecular complexity index is 2060. The van der Waals surface area contributed by atoms with Gasteiger partial charge in [0.05, 0.1) is 26.2 Å². The number of carbonyl (C=O) groups is 6. The molecule has 1 aromatic heterocycles. The Morgan fingerprint density at radius 1 is 0.927 bits per heavy atom. The predicted octanol–water partition coefficient (Wildman–Crippen LogP) is 2.08. The van der Waals surface area contributed by atoms with Gasteiger partial charge in [-0.3, -0.25) is 19.9 Å². The molecular formula is C34H38N8O12S. The number of ether oxygens (including phenoxy) is 3. The highest BCUT2D eigenvalue weighted by Crippen LogP contribution is 2.33. The standard InChI is InChI=1S/C34H38N8O12S/c1-34(2,3)54-32(48)35-17-24-27(53-20-22-12-8-5-9-13-22)26(52-19-21-10-6-4-7-11-21)16-23(36-24)28(43)38-41-14-15-42(33(41)49)55(50,51)39-30(45)40-18-25(29(40)44)37-31(46)47/h4-13,16,25,37H,14-15,17-20H2,1-3H3,(H,35,48)(H,38,43)(H,39,45)(H,46,47). The van der Waals surface area contributed by atoms with E-state index in [1.165, 1.54) is 6.07 Å². The van der Waals surface area contributed by atoms with Gasteiger partial charge in [0.25, 0.3) is 11.8 Å². The first kappa shape index (κ1) is 39.6. The molecule has 0 bridgehead atoms. The number of amides is 8. The van der Waals surface area contributed by atoms with Crippen molar-refractivity contribution < 1.29 is 56.5 Å². The average molecular weight is 783 g/mol. The summed E-state index contributed by atoms with van der Waals surface area (Å²) >= 11 is 0. The summed E-state index contributed by atoms with van der Waals surface area (Å²) in [6.07, 6.45) is -2.29. The number of hydrogen-bond donors (Lipinski definition) is 5. The fourth-order valence-electron chi connectivity index (χ4n) is 5.10. The third-order valence-electron chi connectivity index (χ3n) is 7.69. The molecule has 3 aromatic rings. The summed E-state index contributed by atoms with van der Waals surface area (Å²) in [5.41, 5.74) is 2.80. The van der Waals surface area contributed by atoms with Gasteiger partial charge in [-0.25, -0.2) is 38.2 Å². The number of nitrogens with one attached hydrogen (secondary N) is 4. The number of hydrazine groups is 1. The summed E-state index contributed by atoms with van der Waals surface area (Å²) in [7, 11) is -4.88. The van der Waals surface area contributed by atoms with Gasteiger partial charge in [-0.15, -0.1) is 0 Å². The van der Waals surface area contributed by atoms with Gasteiger partial charge in [0.15, 0.2) is 11.5 Å². The number of likely N-dealkylation sites (tertiary alicyclic amines) is 1. The molecule has 8 amide bonds. The molecule has 0 aliphatic carbocycles. The minimum atomic E-state index is -4.88. The van der Waals surface area contributed by atoms with Crippen molar-refractivity contribution in [3.05, 3.63) is 89.2 Å². The van der Waals surface area contributed by atoms with Crippen molar-refractivity contribution in [2.75, 3.05) is 19.6 Å². The molecule has 0 spiro atoms. The molecule has 0 radical (unpaired) electrons. The number of nitrogens with zero attached hydrogens (tertiary/aromatic N) is 4. The highest BCUT2D eigenvalue weighted by molar-refractivity contribution is 7.88. The number of pyridine rings is 1. The van der Waals surface area contributed by atoms with E-state index in [2.05, 4.69) is 15.7 Å². The maximum Gasteiger partial charge on any atom is 0.407 e. The molecule has 1 unspecified atom stereocenters. The molecule has 2 aliphatic heterocycles. The Morgan fingerprint density at radius 3 is 2.13 bits per heavy atom. The van der Waals surface area contributed by atoms with Crippen LogP contribution in [0.25, 0.3) is 0 Å². The van der Waals surface area contributed by atoms with Crippen LogP contribution in [0.2, 0.25) is 0 Å². The molecule has 1 atom stereocenters. The lowest BCUT2D eigenvalue weighted by Crippen LogP contribution is -2.67. The van der Waals surface area contributed by atoms with E-state index in [9.17, 15) is 37.2 Å². The molecule has 2 saturated heterocycles. The molecule has 5 N–H and O–H groups in total. The molecule has 5 rings (SSSR count). The van der Waals surface area contributed by atoms with Crippen LogP contribution in [0.15, 0.2) is 66.7 Å². The number of benzene rings is 2. The van der Waals surface area contributed by atoms with Crippen molar-refractivity contribution in [3.63, 3.8) is 0 Å². The second kappa shape index (κ2) is 16.6. The van der Waals surface area contributed by atoms with E-state index in [-0.39, 0.29) is 53.5 Å². The van der Waals surface area contributed by atoms with Crippen LogP contribution in [-0.2, 0) is 39.5 Å². The van der Waals surface area contributed by atoms with Crippen LogP contribution in [0.3, 0.4) is 0 Å². The van der Waals surface area contributed by atoms with Gasteiger partial charge in [-0.05, 0) is 31.9 Å². The number of carbonyl (C=O) groups excluding carboxylic acids is 5. The fourth-order valence-corrected chi connectivity index (χ4v) is 6.17.